The monoisotopic (exact) mass is 629 g/mol. The lowest BCUT2D eigenvalue weighted by molar-refractivity contribution is -0.137. The first kappa shape index (κ1) is 31.4. The van der Waals surface area contributed by atoms with Crippen molar-refractivity contribution in [3.63, 3.8) is 0 Å². The first-order chi connectivity index (χ1) is 20.3. The van der Waals surface area contributed by atoms with Gasteiger partial charge in [0.05, 0.1) is 22.4 Å². The molecule has 9 nitrogen and oxygen atoms in total. The van der Waals surface area contributed by atoms with Crippen LogP contribution in [-0.2, 0) is 6.18 Å². The van der Waals surface area contributed by atoms with Crippen LogP contribution in [0.15, 0.2) is 66.9 Å². The van der Waals surface area contributed by atoms with E-state index in [4.69, 9.17) is 10.7 Å². The molecule has 3 aromatic carbocycles. The smallest absolute Gasteiger partial charge is 0.362 e. The molecule has 0 saturated heterocycles. The van der Waals surface area contributed by atoms with Crippen LogP contribution in [0.3, 0.4) is 0 Å². The fourth-order valence-electron chi connectivity index (χ4n) is 3.98. The highest BCUT2D eigenvalue weighted by atomic mass is 35.7. The Labute approximate surface area is 254 Å². The first-order valence-electron chi connectivity index (χ1n) is 12.7. The highest BCUT2D eigenvalue weighted by Crippen LogP contribution is 2.30. The van der Waals surface area contributed by atoms with E-state index in [1.165, 1.54) is 24.4 Å². The molecule has 4 N–H and O–H groups in total. The molecular weight excluding hydrogens is 603 g/mol. The molecule has 224 valence electrons. The van der Waals surface area contributed by atoms with E-state index in [0.717, 1.165) is 34.5 Å². The summed E-state index contributed by atoms with van der Waals surface area (Å²) < 4.78 is 42.2. The fourth-order valence-corrected chi connectivity index (χ4v) is 4.53. The van der Waals surface area contributed by atoms with Crippen LogP contribution < -0.4 is 25.6 Å². The van der Waals surface area contributed by atoms with Crippen LogP contribution in [-0.4, -0.2) is 35.9 Å². The number of hydrogen-bond acceptors (Lipinski definition) is 8. The van der Waals surface area contributed by atoms with Gasteiger partial charge in [0, 0.05) is 42.9 Å². The minimum atomic E-state index is -4.58. The molecule has 0 radical (unpaired) electrons. The van der Waals surface area contributed by atoms with Gasteiger partial charge in [-0.15, -0.1) is 0 Å². The van der Waals surface area contributed by atoms with Crippen molar-refractivity contribution in [2.75, 3.05) is 39.7 Å². The lowest BCUT2D eigenvalue weighted by Crippen LogP contribution is -2.21. The Morgan fingerprint density at radius 3 is 2.23 bits per heavy atom. The van der Waals surface area contributed by atoms with Gasteiger partial charge in [-0.2, -0.15) is 18.2 Å². The lowest BCUT2D eigenvalue weighted by Gasteiger charge is -2.18. The van der Waals surface area contributed by atoms with Crippen molar-refractivity contribution in [1.82, 2.24) is 9.97 Å². The van der Waals surface area contributed by atoms with Gasteiger partial charge in [-0.05, 0) is 78.1 Å². The molecule has 0 atom stereocenters. The molecule has 1 aromatic heterocycles. The topological polar surface area (TPSA) is 111 Å². The summed E-state index contributed by atoms with van der Waals surface area (Å²) in [5, 5.41) is 8.52. The zero-order valence-corrected chi connectivity index (χ0v) is 25.0. The number of aryl methyl sites for hydroxylation is 2. The van der Waals surface area contributed by atoms with E-state index in [0.29, 0.717) is 22.8 Å². The standard InChI is InChI=1S/C29H27ClF3N7O2S/c1-16-8-10-20(35-26(41)18-6-5-7-19(12-18)29(31,32)33)13-23(16)37-27(42)22-15-34-28(38-25(22)40(3)4)36-21-11-9-17(2)24(14-21)39-43-30/h5-15,39H,1-4H3,(H,35,41)(H,37,42)(H,34,36,38). The Bertz CT molecular complexity index is 1670. The van der Waals surface area contributed by atoms with E-state index in [9.17, 15) is 22.8 Å². The summed E-state index contributed by atoms with van der Waals surface area (Å²) in [6, 6.07) is 14.5. The third-order valence-corrected chi connectivity index (χ3v) is 6.80. The van der Waals surface area contributed by atoms with E-state index >= 15 is 0 Å². The number of halogens is 4. The van der Waals surface area contributed by atoms with E-state index in [2.05, 4.69) is 30.6 Å². The second-order valence-corrected chi connectivity index (χ2v) is 10.5. The molecule has 0 aliphatic heterocycles. The number of nitrogens with zero attached hydrogens (tertiary/aromatic N) is 3. The summed E-state index contributed by atoms with van der Waals surface area (Å²) in [6.45, 7) is 3.70. The van der Waals surface area contributed by atoms with Crippen molar-refractivity contribution >= 4 is 68.2 Å². The van der Waals surface area contributed by atoms with Crippen molar-refractivity contribution < 1.29 is 22.8 Å². The average Bonchev–Trinajstić information content (AvgIpc) is 2.96. The molecule has 1 heterocycles. The molecular formula is C29H27ClF3N7O2S. The second kappa shape index (κ2) is 13.2. The zero-order valence-electron chi connectivity index (χ0n) is 23.4. The Hall–Kier alpha value is -4.49. The van der Waals surface area contributed by atoms with Crippen LogP contribution in [0.5, 0.6) is 0 Å². The van der Waals surface area contributed by atoms with Crippen LogP contribution in [0.1, 0.15) is 37.4 Å². The van der Waals surface area contributed by atoms with Crippen molar-refractivity contribution in [2.45, 2.75) is 20.0 Å². The number of carbonyl (C=O) groups excluding carboxylic acids is 2. The zero-order chi connectivity index (χ0) is 31.3. The summed E-state index contributed by atoms with van der Waals surface area (Å²) in [4.78, 5) is 36.5. The maximum atomic E-state index is 13.3. The van der Waals surface area contributed by atoms with Gasteiger partial charge in [-0.3, -0.25) is 9.59 Å². The largest absolute Gasteiger partial charge is 0.416 e. The number of carbonyl (C=O) groups is 2. The quantitative estimate of drug-likeness (QED) is 0.140. The predicted molar refractivity (Wildman–Crippen MR) is 166 cm³/mol. The number of aromatic nitrogens is 2. The molecule has 0 aliphatic rings. The van der Waals surface area contributed by atoms with E-state index in [1.807, 2.05) is 25.1 Å². The molecule has 43 heavy (non-hydrogen) atoms. The first-order valence-corrected chi connectivity index (χ1v) is 14.4. The number of nitrogens with one attached hydrogen (secondary N) is 4. The van der Waals surface area contributed by atoms with E-state index in [1.54, 1.807) is 38.1 Å². The van der Waals surface area contributed by atoms with Crippen LogP contribution in [0.25, 0.3) is 0 Å². The minimum Gasteiger partial charge on any atom is -0.362 e. The van der Waals surface area contributed by atoms with Gasteiger partial charge in [-0.1, -0.05) is 18.2 Å². The fraction of sp³-hybridized carbons (Fsp3) is 0.172. The number of anilines is 6. The van der Waals surface area contributed by atoms with E-state index < -0.39 is 23.6 Å². The third kappa shape index (κ3) is 7.87. The average molecular weight is 630 g/mol. The molecule has 0 unspecified atom stereocenters. The molecule has 2 amide bonds. The third-order valence-electron chi connectivity index (χ3n) is 6.27. The number of rotatable bonds is 9. The minimum absolute atomic E-state index is 0.154. The van der Waals surface area contributed by atoms with Crippen LogP contribution in [0.4, 0.5) is 47.7 Å². The van der Waals surface area contributed by atoms with Crippen LogP contribution >= 0.6 is 21.8 Å². The van der Waals surface area contributed by atoms with Gasteiger partial charge in [-0.25, -0.2) is 4.98 Å². The van der Waals surface area contributed by atoms with Crippen molar-refractivity contribution in [1.29, 1.82) is 0 Å². The molecule has 4 aromatic rings. The number of hydrogen-bond donors (Lipinski definition) is 4. The Kier molecular flexibility index (Phi) is 9.66. The number of benzene rings is 3. The normalized spacial score (nSPS) is 11.1. The second-order valence-electron chi connectivity index (χ2n) is 9.68. The van der Waals surface area contributed by atoms with Gasteiger partial charge in [0.1, 0.15) is 11.4 Å². The number of alkyl halides is 3. The summed E-state index contributed by atoms with van der Waals surface area (Å²) in [5.41, 5.74) is 2.99. The molecule has 0 spiro atoms. The van der Waals surface area contributed by atoms with Crippen molar-refractivity contribution in [2.24, 2.45) is 0 Å². The molecule has 14 heteroatoms. The molecule has 0 saturated carbocycles. The van der Waals surface area contributed by atoms with Gasteiger partial charge in [0.15, 0.2) is 0 Å². The molecule has 0 fully saturated rings. The Balaban J connectivity index is 1.53. The lowest BCUT2D eigenvalue weighted by atomic mass is 10.1. The van der Waals surface area contributed by atoms with E-state index in [-0.39, 0.29) is 22.8 Å². The van der Waals surface area contributed by atoms with Gasteiger partial charge >= 0.3 is 6.18 Å². The molecule has 4 rings (SSSR count). The highest BCUT2D eigenvalue weighted by Gasteiger charge is 2.31. The Morgan fingerprint density at radius 2 is 1.56 bits per heavy atom. The Morgan fingerprint density at radius 1 is 0.884 bits per heavy atom. The summed E-state index contributed by atoms with van der Waals surface area (Å²) in [5.74, 6) is -0.607. The maximum Gasteiger partial charge on any atom is 0.416 e. The van der Waals surface area contributed by atoms with Crippen LogP contribution in [0, 0.1) is 13.8 Å². The predicted octanol–water partition coefficient (Wildman–Crippen LogP) is 7.64. The van der Waals surface area contributed by atoms with Gasteiger partial charge in [0.2, 0.25) is 5.95 Å². The van der Waals surface area contributed by atoms with Crippen molar-refractivity contribution in [3.05, 3.63) is 94.7 Å². The maximum absolute atomic E-state index is 13.3. The number of amides is 2. The summed E-state index contributed by atoms with van der Waals surface area (Å²) in [6.07, 6.45) is -3.18. The molecule has 0 aliphatic carbocycles. The molecule has 0 bridgehead atoms. The summed E-state index contributed by atoms with van der Waals surface area (Å²) >= 11 is 0.955. The van der Waals surface area contributed by atoms with Crippen molar-refractivity contribution in [3.8, 4) is 0 Å². The van der Waals surface area contributed by atoms with Crippen LogP contribution in [0.2, 0.25) is 0 Å². The highest BCUT2D eigenvalue weighted by molar-refractivity contribution is 8.22. The SMILES string of the molecule is Cc1ccc(Nc2ncc(C(=O)Nc3cc(NC(=O)c4cccc(C(F)(F)F)c4)ccc3C)c(N(C)C)n2)cc1NSCl. The van der Waals surface area contributed by atoms with Gasteiger partial charge < -0.3 is 25.6 Å². The van der Waals surface area contributed by atoms with Gasteiger partial charge in [0.25, 0.3) is 11.8 Å². The summed E-state index contributed by atoms with van der Waals surface area (Å²) in [7, 11) is 9.21.